The number of carbonyl (C=O) groups is 2. The van der Waals surface area contributed by atoms with Crippen molar-refractivity contribution in [2.24, 2.45) is 5.14 Å². The summed E-state index contributed by atoms with van der Waals surface area (Å²) in [5.41, 5.74) is 2.38. The molecule has 0 fully saturated rings. The van der Waals surface area contributed by atoms with Crippen molar-refractivity contribution in [2.45, 2.75) is 15.0 Å². The van der Waals surface area contributed by atoms with Crippen LogP contribution in [0.2, 0.25) is 0 Å². The molecule has 5 aromatic carbocycles. The van der Waals surface area contributed by atoms with Gasteiger partial charge >= 0.3 is 0 Å². The number of carbonyl (C=O) groups excluding carboxylic acids is 2. The molecule has 5 aromatic rings. The van der Waals surface area contributed by atoms with E-state index >= 15 is 0 Å². The number of nitrogens with one attached hydrogen (secondary N) is 2. The highest BCUT2D eigenvalue weighted by molar-refractivity contribution is 8.00. The summed E-state index contributed by atoms with van der Waals surface area (Å²) in [4.78, 5) is 27.1. The fraction of sp³-hybridized carbons (Fsp3) is 0.0323. The van der Waals surface area contributed by atoms with Crippen LogP contribution in [0.5, 0.6) is 0 Å². The molecule has 0 aliphatic heterocycles. The van der Waals surface area contributed by atoms with Crippen LogP contribution < -0.4 is 15.8 Å². The highest BCUT2D eigenvalue weighted by Gasteiger charge is 2.23. The summed E-state index contributed by atoms with van der Waals surface area (Å²) in [6.45, 7) is 0. The Hall–Kier alpha value is -4.44. The molecule has 0 radical (unpaired) electrons. The van der Waals surface area contributed by atoms with E-state index in [9.17, 15) is 18.0 Å². The summed E-state index contributed by atoms with van der Waals surface area (Å²) in [6.07, 6.45) is 0. The maximum Gasteiger partial charge on any atom is 0.255 e. The normalized spacial score (nSPS) is 12.0. The van der Waals surface area contributed by atoms with E-state index in [2.05, 4.69) is 10.6 Å². The first-order chi connectivity index (χ1) is 19.3. The van der Waals surface area contributed by atoms with E-state index in [4.69, 9.17) is 5.14 Å². The van der Waals surface area contributed by atoms with Crippen LogP contribution in [0.4, 0.5) is 11.4 Å². The first-order valence-electron chi connectivity index (χ1n) is 12.3. The van der Waals surface area contributed by atoms with E-state index in [-0.39, 0.29) is 16.7 Å². The second kappa shape index (κ2) is 11.7. The summed E-state index contributed by atoms with van der Waals surface area (Å²) in [7, 11) is -3.84. The van der Waals surface area contributed by atoms with Gasteiger partial charge in [-0.15, -0.1) is 11.8 Å². The lowest BCUT2D eigenvalue weighted by molar-refractivity contribution is -0.115. The van der Waals surface area contributed by atoms with Crippen molar-refractivity contribution in [3.05, 3.63) is 132 Å². The van der Waals surface area contributed by atoms with Gasteiger partial charge in [-0.1, -0.05) is 66.7 Å². The highest BCUT2D eigenvalue weighted by Crippen LogP contribution is 2.37. The van der Waals surface area contributed by atoms with E-state index in [0.717, 1.165) is 21.2 Å². The predicted octanol–water partition coefficient (Wildman–Crippen LogP) is 6.21. The first-order valence-corrected chi connectivity index (χ1v) is 14.7. The third kappa shape index (κ3) is 6.58. The van der Waals surface area contributed by atoms with Crippen molar-refractivity contribution in [1.29, 1.82) is 0 Å². The van der Waals surface area contributed by atoms with Crippen LogP contribution in [0, 0.1) is 0 Å². The third-order valence-electron chi connectivity index (χ3n) is 6.15. The fourth-order valence-electron chi connectivity index (χ4n) is 4.15. The summed E-state index contributed by atoms with van der Waals surface area (Å²) in [5.74, 6) is -0.515. The van der Waals surface area contributed by atoms with Crippen LogP contribution in [-0.2, 0) is 14.8 Å². The van der Waals surface area contributed by atoms with Gasteiger partial charge in [-0.2, -0.15) is 0 Å². The molecule has 0 saturated heterocycles. The number of hydrogen-bond acceptors (Lipinski definition) is 5. The largest absolute Gasteiger partial charge is 0.325 e. The Balaban J connectivity index is 1.34. The Morgan fingerprint density at radius 1 is 0.675 bits per heavy atom. The van der Waals surface area contributed by atoms with Crippen molar-refractivity contribution < 1.29 is 18.0 Å². The minimum absolute atomic E-state index is 0.0398. The topological polar surface area (TPSA) is 118 Å². The van der Waals surface area contributed by atoms with Gasteiger partial charge in [-0.25, -0.2) is 13.6 Å². The molecule has 0 saturated carbocycles. The van der Waals surface area contributed by atoms with Crippen molar-refractivity contribution in [3.8, 4) is 0 Å². The van der Waals surface area contributed by atoms with Gasteiger partial charge in [-0.3, -0.25) is 9.59 Å². The molecule has 0 heterocycles. The molecule has 9 heteroatoms. The molecule has 0 spiro atoms. The van der Waals surface area contributed by atoms with Crippen molar-refractivity contribution in [1.82, 2.24) is 0 Å². The molecule has 0 bridgehead atoms. The van der Waals surface area contributed by atoms with E-state index in [1.165, 1.54) is 36.0 Å². The Morgan fingerprint density at radius 2 is 1.38 bits per heavy atom. The monoisotopic (exact) mass is 567 g/mol. The van der Waals surface area contributed by atoms with E-state index in [1.54, 1.807) is 12.1 Å². The Labute approximate surface area is 236 Å². The van der Waals surface area contributed by atoms with Crippen LogP contribution >= 0.6 is 11.8 Å². The van der Waals surface area contributed by atoms with Gasteiger partial charge in [0, 0.05) is 21.8 Å². The molecule has 1 unspecified atom stereocenters. The molecule has 0 aliphatic rings. The molecule has 5 rings (SSSR count). The standard InChI is InChI=1S/C31H25N3O4S2/c32-40(37,38)28-17-15-25(16-18-28)33-31(36)29(22-8-2-1-3-9-22)39-27-12-6-11-26(20-27)34-30(35)24-14-13-21-7-4-5-10-23(21)19-24/h1-20,29H,(H,33,36)(H,34,35)(H2,32,37,38). The lowest BCUT2D eigenvalue weighted by Crippen LogP contribution is -2.19. The number of amides is 2. The van der Waals surface area contributed by atoms with E-state index in [0.29, 0.717) is 16.9 Å². The average molecular weight is 568 g/mol. The summed E-state index contributed by atoms with van der Waals surface area (Å²) in [6, 6.07) is 35.7. The number of anilines is 2. The average Bonchev–Trinajstić information content (AvgIpc) is 2.96. The van der Waals surface area contributed by atoms with Gasteiger partial charge in [0.1, 0.15) is 5.25 Å². The lowest BCUT2D eigenvalue weighted by Gasteiger charge is -2.18. The summed E-state index contributed by atoms with van der Waals surface area (Å²) in [5, 5.41) is 12.4. The van der Waals surface area contributed by atoms with Crippen molar-refractivity contribution >= 4 is 55.7 Å². The van der Waals surface area contributed by atoms with Crippen LogP contribution in [-0.4, -0.2) is 20.2 Å². The second-order valence-corrected chi connectivity index (χ2v) is 11.8. The zero-order valence-corrected chi connectivity index (χ0v) is 22.8. The zero-order valence-electron chi connectivity index (χ0n) is 21.2. The van der Waals surface area contributed by atoms with Gasteiger partial charge in [0.25, 0.3) is 5.91 Å². The predicted molar refractivity (Wildman–Crippen MR) is 160 cm³/mol. The Morgan fingerprint density at radius 3 is 2.10 bits per heavy atom. The van der Waals surface area contributed by atoms with Gasteiger partial charge in [0.2, 0.25) is 15.9 Å². The summed E-state index contributed by atoms with van der Waals surface area (Å²) < 4.78 is 23.1. The number of primary sulfonamides is 1. The third-order valence-corrected chi connectivity index (χ3v) is 8.33. The Bertz CT molecular complexity index is 1790. The van der Waals surface area contributed by atoms with Crippen LogP contribution in [0.1, 0.15) is 21.2 Å². The maximum atomic E-state index is 13.4. The number of nitrogens with two attached hydrogens (primary N) is 1. The quantitative estimate of drug-likeness (QED) is 0.193. The van der Waals surface area contributed by atoms with Gasteiger partial charge < -0.3 is 10.6 Å². The number of hydrogen-bond donors (Lipinski definition) is 3. The highest BCUT2D eigenvalue weighted by atomic mass is 32.2. The molecule has 0 aliphatic carbocycles. The second-order valence-electron chi connectivity index (χ2n) is 9.01. The molecule has 4 N–H and O–H groups in total. The molecule has 2 amide bonds. The van der Waals surface area contributed by atoms with Gasteiger partial charge in [0.15, 0.2) is 0 Å². The molecule has 1 atom stereocenters. The molecular formula is C31H25N3O4S2. The molecule has 40 heavy (non-hydrogen) atoms. The number of rotatable bonds is 8. The van der Waals surface area contributed by atoms with Gasteiger partial charge in [0.05, 0.1) is 4.90 Å². The zero-order chi connectivity index (χ0) is 28.1. The number of thioether (sulfide) groups is 1. The van der Waals surface area contributed by atoms with Gasteiger partial charge in [-0.05, 0) is 70.9 Å². The number of sulfonamides is 1. The minimum atomic E-state index is -3.84. The molecule has 0 aromatic heterocycles. The van der Waals surface area contributed by atoms with E-state index < -0.39 is 15.3 Å². The minimum Gasteiger partial charge on any atom is -0.325 e. The van der Waals surface area contributed by atoms with Crippen LogP contribution in [0.3, 0.4) is 0 Å². The van der Waals surface area contributed by atoms with E-state index in [1.807, 2.05) is 84.9 Å². The number of fused-ring (bicyclic) bond motifs is 1. The Kier molecular flexibility index (Phi) is 7.97. The van der Waals surface area contributed by atoms with Crippen molar-refractivity contribution in [3.63, 3.8) is 0 Å². The van der Waals surface area contributed by atoms with Crippen LogP contribution in [0.25, 0.3) is 10.8 Å². The van der Waals surface area contributed by atoms with Crippen LogP contribution in [0.15, 0.2) is 131 Å². The molecular weight excluding hydrogens is 542 g/mol. The molecule has 200 valence electrons. The number of benzene rings is 5. The SMILES string of the molecule is NS(=O)(=O)c1ccc(NC(=O)C(Sc2cccc(NC(=O)c3ccc4ccccc4c3)c2)c2ccccc2)cc1. The van der Waals surface area contributed by atoms with Crippen molar-refractivity contribution in [2.75, 3.05) is 10.6 Å². The first kappa shape index (κ1) is 27.1. The molecule has 7 nitrogen and oxygen atoms in total. The lowest BCUT2D eigenvalue weighted by atomic mass is 10.1. The summed E-state index contributed by atoms with van der Waals surface area (Å²) >= 11 is 1.34. The maximum absolute atomic E-state index is 13.4. The fourth-order valence-corrected chi connectivity index (χ4v) is 5.75. The smallest absolute Gasteiger partial charge is 0.255 e.